The second-order valence-electron chi connectivity index (χ2n) is 5.58. The van der Waals surface area contributed by atoms with Gasteiger partial charge in [-0.3, -0.25) is 9.69 Å². The Labute approximate surface area is 113 Å². The second-order valence-corrected chi connectivity index (χ2v) is 5.58. The largest absolute Gasteiger partial charge is 0.507 e. The molecule has 0 aliphatic carbocycles. The number of carboxylic acids is 1. The smallest absolute Gasteiger partial charge is 0.317 e. The normalized spacial score (nSPS) is 13.5. The summed E-state index contributed by atoms with van der Waals surface area (Å²) in [6.07, 6.45) is 0. The van der Waals surface area contributed by atoms with Gasteiger partial charge in [-0.1, -0.05) is 6.07 Å². The maximum Gasteiger partial charge on any atom is 0.317 e. The van der Waals surface area contributed by atoms with Gasteiger partial charge in [0.2, 0.25) is 0 Å². The molecule has 1 unspecified atom stereocenters. The highest BCUT2D eigenvalue weighted by Crippen LogP contribution is 2.38. The van der Waals surface area contributed by atoms with Crippen molar-refractivity contribution in [2.45, 2.75) is 39.3 Å². The van der Waals surface area contributed by atoms with Gasteiger partial charge in [0.15, 0.2) is 0 Å². The molecule has 0 spiro atoms. The Bertz CT molecular complexity index is 445. The fraction of sp³-hybridized carbons (Fsp3) is 0.500. The molecule has 0 saturated heterocycles. The average Bonchev–Trinajstić information content (AvgIpc) is 2.23. The number of hydrogen-bond acceptors (Lipinski definition) is 4. The highest BCUT2D eigenvalue weighted by atomic mass is 16.4. The van der Waals surface area contributed by atoms with Crippen LogP contribution in [-0.2, 0) is 4.79 Å². The van der Waals surface area contributed by atoms with Crippen molar-refractivity contribution in [3.8, 4) is 11.5 Å². The van der Waals surface area contributed by atoms with E-state index in [0.29, 0.717) is 5.56 Å². The number of rotatable bonds is 4. The number of carboxylic acid groups (broad SMARTS) is 1. The molecule has 1 aromatic carbocycles. The monoisotopic (exact) mass is 267 g/mol. The zero-order chi connectivity index (χ0) is 14.8. The first-order valence-electron chi connectivity index (χ1n) is 6.14. The van der Waals surface area contributed by atoms with Gasteiger partial charge in [-0.25, -0.2) is 0 Å². The van der Waals surface area contributed by atoms with E-state index in [1.165, 1.54) is 12.1 Å². The lowest BCUT2D eigenvalue weighted by atomic mass is 9.97. The van der Waals surface area contributed by atoms with Crippen LogP contribution in [-0.4, -0.2) is 38.3 Å². The fourth-order valence-electron chi connectivity index (χ4n) is 2.23. The van der Waals surface area contributed by atoms with Crippen molar-refractivity contribution in [2.24, 2.45) is 0 Å². The summed E-state index contributed by atoms with van der Waals surface area (Å²) in [6, 6.07) is 4.08. The van der Waals surface area contributed by atoms with Crippen molar-refractivity contribution >= 4 is 5.97 Å². The van der Waals surface area contributed by atoms with Crippen LogP contribution >= 0.6 is 0 Å². The second kappa shape index (κ2) is 5.48. The first-order chi connectivity index (χ1) is 8.64. The van der Waals surface area contributed by atoms with Crippen molar-refractivity contribution < 1.29 is 20.1 Å². The number of phenolic OH excluding ortho intramolecular Hbond substituents is 2. The molecule has 5 heteroatoms. The lowest BCUT2D eigenvalue weighted by molar-refractivity contribution is -0.140. The van der Waals surface area contributed by atoms with Gasteiger partial charge >= 0.3 is 5.97 Å². The lowest BCUT2D eigenvalue weighted by Crippen LogP contribution is -2.45. The predicted molar refractivity (Wildman–Crippen MR) is 72.3 cm³/mol. The van der Waals surface area contributed by atoms with E-state index in [2.05, 4.69) is 0 Å². The molecule has 0 saturated carbocycles. The summed E-state index contributed by atoms with van der Waals surface area (Å²) in [5, 5.41) is 28.8. The molecule has 5 nitrogen and oxygen atoms in total. The molecule has 1 rings (SSSR count). The molecule has 3 N–H and O–H groups in total. The molecule has 0 radical (unpaired) electrons. The number of nitrogens with zero attached hydrogens (tertiary/aromatic N) is 1. The van der Waals surface area contributed by atoms with Gasteiger partial charge in [-0.2, -0.15) is 0 Å². The number of carbonyl (C=O) groups is 1. The van der Waals surface area contributed by atoms with E-state index < -0.39 is 17.6 Å². The summed E-state index contributed by atoms with van der Waals surface area (Å²) in [6.45, 7) is 7.28. The van der Waals surface area contributed by atoms with Crippen molar-refractivity contribution in [3.05, 3.63) is 23.8 Å². The summed E-state index contributed by atoms with van der Waals surface area (Å²) in [5.41, 5.74) is -0.0642. The Morgan fingerprint density at radius 3 is 2.11 bits per heavy atom. The van der Waals surface area contributed by atoms with Gasteiger partial charge in [-0.15, -0.1) is 0 Å². The Kier molecular flexibility index (Phi) is 4.42. The minimum Gasteiger partial charge on any atom is -0.507 e. The standard InChI is InChI=1S/C14H21NO4/c1-9(13-10(16)6-5-7-11(13)17)15(8-12(18)19)14(2,3)4/h5-7,9,16-17H,8H2,1-4H3,(H,18,19). The van der Waals surface area contributed by atoms with E-state index in [-0.39, 0.29) is 18.0 Å². The van der Waals surface area contributed by atoms with Crippen LogP contribution in [0, 0.1) is 0 Å². The zero-order valence-electron chi connectivity index (χ0n) is 11.7. The first-order valence-corrected chi connectivity index (χ1v) is 6.14. The summed E-state index contributed by atoms with van der Waals surface area (Å²) >= 11 is 0. The van der Waals surface area contributed by atoms with E-state index >= 15 is 0 Å². The number of aromatic hydroxyl groups is 2. The summed E-state index contributed by atoms with van der Waals surface area (Å²) in [7, 11) is 0. The van der Waals surface area contributed by atoms with Crippen molar-refractivity contribution in [2.75, 3.05) is 6.54 Å². The van der Waals surface area contributed by atoms with Crippen LogP contribution in [0.25, 0.3) is 0 Å². The first kappa shape index (κ1) is 15.3. The highest BCUT2D eigenvalue weighted by molar-refractivity contribution is 5.69. The lowest BCUT2D eigenvalue weighted by Gasteiger charge is -2.39. The molecule has 0 amide bonds. The van der Waals surface area contributed by atoms with Gasteiger partial charge in [0, 0.05) is 11.6 Å². The van der Waals surface area contributed by atoms with Crippen LogP contribution in [0.4, 0.5) is 0 Å². The van der Waals surface area contributed by atoms with E-state index in [0.717, 1.165) is 0 Å². The van der Waals surface area contributed by atoms with E-state index in [1.807, 2.05) is 20.8 Å². The Morgan fingerprint density at radius 2 is 1.74 bits per heavy atom. The minimum atomic E-state index is -0.948. The molecule has 0 bridgehead atoms. The molecule has 0 aromatic heterocycles. The van der Waals surface area contributed by atoms with Crippen LogP contribution in [0.15, 0.2) is 18.2 Å². The van der Waals surface area contributed by atoms with Gasteiger partial charge in [0.05, 0.1) is 12.1 Å². The van der Waals surface area contributed by atoms with E-state index in [1.54, 1.807) is 17.9 Å². The van der Waals surface area contributed by atoms with Crippen molar-refractivity contribution in [1.82, 2.24) is 4.90 Å². The van der Waals surface area contributed by atoms with Crippen LogP contribution < -0.4 is 0 Å². The molecular weight excluding hydrogens is 246 g/mol. The Balaban J connectivity index is 3.19. The van der Waals surface area contributed by atoms with Gasteiger partial charge in [0.1, 0.15) is 11.5 Å². The Hall–Kier alpha value is -1.75. The number of hydrogen-bond donors (Lipinski definition) is 3. The zero-order valence-corrected chi connectivity index (χ0v) is 11.7. The quantitative estimate of drug-likeness (QED) is 0.780. The van der Waals surface area contributed by atoms with Gasteiger partial charge < -0.3 is 15.3 Å². The summed E-state index contributed by atoms with van der Waals surface area (Å²) in [5.74, 6) is -1.02. The van der Waals surface area contributed by atoms with Crippen LogP contribution in [0.1, 0.15) is 39.3 Å². The van der Waals surface area contributed by atoms with Crippen LogP contribution in [0.2, 0.25) is 0 Å². The van der Waals surface area contributed by atoms with Gasteiger partial charge in [0.25, 0.3) is 0 Å². The highest BCUT2D eigenvalue weighted by Gasteiger charge is 2.31. The van der Waals surface area contributed by atoms with Gasteiger partial charge in [-0.05, 0) is 39.8 Å². The number of phenols is 2. The Morgan fingerprint density at radius 1 is 1.26 bits per heavy atom. The molecule has 0 heterocycles. The van der Waals surface area contributed by atoms with E-state index in [4.69, 9.17) is 5.11 Å². The number of benzene rings is 1. The average molecular weight is 267 g/mol. The molecule has 1 aromatic rings. The molecule has 0 fully saturated rings. The summed E-state index contributed by atoms with van der Waals surface area (Å²) < 4.78 is 0. The van der Waals surface area contributed by atoms with Crippen LogP contribution in [0.3, 0.4) is 0 Å². The summed E-state index contributed by atoms with van der Waals surface area (Å²) in [4.78, 5) is 12.7. The predicted octanol–water partition coefficient (Wildman–Crippen LogP) is 2.34. The van der Waals surface area contributed by atoms with Crippen molar-refractivity contribution in [1.29, 1.82) is 0 Å². The van der Waals surface area contributed by atoms with Crippen molar-refractivity contribution in [3.63, 3.8) is 0 Å². The third-order valence-electron chi connectivity index (χ3n) is 3.11. The molecular formula is C14H21NO4. The topological polar surface area (TPSA) is 81.0 Å². The molecule has 19 heavy (non-hydrogen) atoms. The molecule has 0 aliphatic rings. The fourth-order valence-corrected chi connectivity index (χ4v) is 2.23. The maximum absolute atomic E-state index is 11.0. The maximum atomic E-state index is 11.0. The van der Waals surface area contributed by atoms with E-state index in [9.17, 15) is 15.0 Å². The minimum absolute atomic E-state index is 0.0351. The molecule has 1 atom stereocenters. The SMILES string of the molecule is CC(c1c(O)cccc1O)N(CC(=O)O)C(C)(C)C. The van der Waals surface area contributed by atoms with Crippen LogP contribution in [0.5, 0.6) is 11.5 Å². The third kappa shape index (κ3) is 3.61. The molecule has 106 valence electrons. The number of aliphatic carboxylic acids is 1. The molecule has 0 aliphatic heterocycles. The third-order valence-corrected chi connectivity index (χ3v) is 3.11.